The molecular weight excluding hydrogens is 360 g/mol. The first-order valence-corrected chi connectivity index (χ1v) is 9.60. The van der Waals surface area contributed by atoms with Crippen molar-refractivity contribution in [2.75, 3.05) is 6.54 Å². The average molecular weight is 371 g/mol. The molecule has 2 rings (SSSR count). The molecule has 0 heterocycles. The molecule has 0 aromatic heterocycles. The van der Waals surface area contributed by atoms with Gasteiger partial charge in [-0.15, -0.1) is 0 Å². The summed E-state index contributed by atoms with van der Waals surface area (Å²) >= 11 is 5.86. The van der Waals surface area contributed by atoms with Gasteiger partial charge in [-0.25, -0.2) is 16.8 Å². The third kappa shape index (κ3) is 3.71. The van der Waals surface area contributed by atoms with Crippen molar-refractivity contribution < 1.29 is 16.8 Å². The van der Waals surface area contributed by atoms with E-state index in [4.69, 9.17) is 16.9 Å². The van der Waals surface area contributed by atoms with Gasteiger partial charge in [-0.3, -0.25) is 0 Å². The normalized spacial score (nSPS) is 11.8. The summed E-state index contributed by atoms with van der Waals surface area (Å²) in [6.07, 6.45) is 0. The zero-order chi connectivity index (χ0) is 17.1. The van der Waals surface area contributed by atoms with Crippen LogP contribution in [0, 0.1) is 11.3 Å². The van der Waals surface area contributed by atoms with Crippen LogP contribution < -0.4 is 4.72 Å². The highest BCUT2D eigenvalue weighted by atomic mass is 35.5. The first-order chi connectivity index (χ1) is 10.8. The van der Waals surface area contributed by atoms with Crippen molar-refractivity contribution in [1.29, 1.82) is 5.26 Å². The lowest BCUT2D eigenvalue weighted by molar-refractivity contribution is 0.585. The van der Waals surface area contributed by atoms with Crippen LogP contribution in [0.1, 0.15) is 0 Å². The Morgan fingerprint density at radius 2 is 1.65 bits per heavy atom. The van der Waals surface area contributed by atoms with Gasteiger partial charge in [0.15, 0.2) is 0 Å². The fourth-order valence-corrected chi connectivity index (χ4v) is 4.62. The first kappa shape index (κ1) is 17.4. The predicted molar refractivity (Wildman–Crippen MR) is 84.1 cm³/mol. The second-order valence-electron chi connectivity index (χ2n) is 4.39. The molecule has 0 bridgehead atoms. The van der Waals surface area contributed by atoms with Gasteiger partial charge >= 0.3 is 0 Å². The summed E-state index contributed by atoms with van der Waals surface area (Å²) in [5.74, 6) is 0. The summed E-state index contributed by atoms with van der Waals surface area (Å²) in [4.78, 5) is -0.562. The maximum atomic E-state index is 12.5. The van der Waals surface area contributed by atoms with E-state index in [-0.39, 0.29) is 14.8 Å². The summed E-state index contributed by atoms with van der Waals surface area (Å²) < 4.78 is 51.2. The van der Waals surface area contributed by atoms with Gasteiger partial charge in [-0.05, 0) is 30.3 Å². The molecule has 0 amide bonds. The Hall–Kier alpha value is -1.92. The molecule has 0 saturated heterocycles. The number of nitrogens with one attached hydrogen (secondary N) is 1. The van der Waals surface area contributed by atoms with E-state index in [0.29, 0.717) is 0 Å². The second-order valence-corrected chi connectivity index (χ2v) is 8.48. The molecular formula is C14H11ClN2O4S2. The molecule has 2 aromatic carbocycles. The molecule has 0 radical (unpaired) electrons. The summed E-state index contributed by atoms with van der Waals surface area (Å²) in [5, 5.41) is 8.34. The molecule has 0 fully saturated rings. The quantitative estimate of drug-likeness (QED) is 0.810. The number of rotatable bonds is 5. The molecule has 2 aromatic rings. The maximum Gasteiger partial charge on any atom is 0.243 e. The zero-order valence-corrected chi connectivity index (χ0v) is 14.0. The number of halogens is 1. The molecule has 0 unspecified atom stereocenters. The van der Waals surface area contributed by atoms with E-state index < -0.39 is 31.3 Å². The average Bonchev–Trinajstić information content (AvgIpc) is 2.54. The van der Waals surface area contributed by atoms with E-state index in [9.17, 15) is 16.8 Å². The van der Waals surface area contributed by atoms with Gasteiger partial charge in [-0.2, -0.15) is 9.98 Å². The second kappa shape index (κ2) is 6.68. The molecule has 0 saturated carbocycles. The highest BCUT2D eigenvalue weighted by Gasteiger charge is 2.23. The molecule has 1 N–H and O–H groups in total. The van der Waals surface area contributed by atoms with Crippen LogP contribution in [-0.2, 0) is 19.9 Å². The maximum absolute atomic E-state index is 12.5. The highest BCUT2D eigenvalue weighted by Crippen LogP contribution is 2.28. The fraction of sp³-hybridized carbons (Fsp3) is 0.0714. The minimum absolute atomic E-state index is 0.0376. The molecule has 0 atom stereocenters. The Bertz CT molecular complexity index is 966. The van der Waals surface area contributed by atoms with Crippen LogP contribution in [0.2, 0.25) is 5.02 Å². The first-order valence-electron chi connectivity index (χ1n) is 6.25. The van der Waals surface area contributed by atoms with Crippen LogP contribution in [0.3, 0.4) is 0 Å². The van der Waals surface area contributed by atoms with E-state index >= 15 is 0 Å². The van der Waals surface area contributed by atoms with Gasteiger partial charge in [0.1, 0.15) is 4.90 Å². The monoisotopic (exact) mass is 370 g/mol. The Labute approximate surface area is 139 Å². The Morgan fingerprint density at radius 3 is 2.26 bits per heavy atom. The molecule has 23 heavy (non-hydrogen) atoms. The van der Waals surface area contributed by atoms with Crippen molar-refractivity contribution >= 4 is 31.5 Å². The molecule has 6 nitrogen and oxygen atoms in total. The molecule has 0 aliphatic heterocycles. The topological polar surface area (TPSA) is 104 Å². The number of hydrogen-bond donors (Lipinski definition) is 1. The van der Waals surface area contributed by atoms with Crippen LogP contribution in [-0.4, -0.2) is 23.4 Å². The van der Waals surface area contributed by atoms with Gasteiger partial charge in [0.05, 0.1) is 27.4 Å². The summed E-state index contributed by atoms with van der Waals surface area (Å²) in [6, 6.07) is 12.6. The van der Waals surface area contributed by atoms with Gasteiger partial charge in [-0.1, -0.05) is 29.8 Å². The van der Waals surface area contributed by atoms with E-state index in [1.807, 2.05) is 4.72 Å². The third-order valence-electron chi connectivity index (χ3n) is 2.90. The van der Waals surface area contributed by atoms with Gasteiger partial charge in [0.2, 0.25) is 19.9 Å². The fourth-order valence-electron chi connectivity index (χ4n) is 1.80. The number of nitriles is 1. The van der Waals surface area contributed by atoms with Crippen molar-refractivity contribution in [3.63, 3.8) is 0 Å². The predicted octanol–water partition coefficient (Wildman–Crippen LogP) is 1.97. The van der Waals surface area contributed by atoms with E-state index in [1.54, 1.807) is 24.3 Å². The zero-order valence-electron chi connectivity index (χ0n) is 11.6. The highest BCUT2D eigenvalue weighted by molar-refractivity contribution is 7.91. The van der Waals surface area contributed by atoms with Crippen molar-refractivity contribution in [3.8, 4) is 6.07 Å². The van der Waals surface area contributed by atoms with E-state index in [1.165, 1.54) is 24.3 Å². The van der Waals surface area contributed by atoms with Crippen LogP contribution in [0.15, 0.2) is 63.2 Å². The number of hydrogen-bond acceptors (Lipinski definition) is 5. The molecule has 120 valence electrons. The van der Waals surface area contributed by atoms with Crippen molar-refractivity contribution in [2.45, 2.75) is 14.7 Å². The van der Waals surface area contributed by atoms with Crippen molar-refractivity contribution in [2.24, 2.45) is 0 Å². The van der Waals surface area contributed by atoms with E-state index in [0.717, 1.165) is 6.07 Å². The van der Waals surface area contributed by atoms with Crippen LogP contribution >= 0.6 is 11.6 Å². The minimum Gasteiger partial charge on any atom is -0.219 e. The Kier molecular flexibility index (Phi) is 5.06. The van der Waals surface area contributed by atoms with E-state index in [2.05, 4.69) is 0 Å². The van der Waals surface area contributed by atoms with Gasteiger partial charge in [0, 0.05) is 0 Å². The standard InChI is InChI=1S/C14H11ClN2O4S2/c15-13-7-6-12(10-14(13)23(20,21)17-9-8-16)22(18,19)11-4-2-1-3-5-11/h1-7,10,17H,9H2. The van der Waals surface area contributed by atoms with Crippen molar-refractivity contribution in [3.05, 3.63) is 53.6 Å². The lowest BCUT2D eigenvalue weighted by Crippen LogP contribution is -2.24. The van der Waals surface area contributed by atoms with Gasteiger partial charge < -0.3 is 0 Å². The molecule has 0 aliphatic carbocycles. The van der Waals surface area contributed by atoms with Crippen LogP contribution in [0.4, 0.5) is 0 Å². The minimum atomic E-state index is -4.09. The molecule has 0 aliphatic rings. The lowest BCUT2D eigenvalue weighted by atomic mass is 10.4. The Balaban J connectivity index is 2.56. The summed E-state index contributed by atoms with van der Waals surface area (Å²) in [5.41, 5.74) is 0. The number of benzene rings is 2. The summed E-state index contributed by atoms with van der Waals surface area (Å²) in [7, 11) is -7.96. The largest absolute Gasteiger partial charge is 0.243 e. The molecule has 0 spiro atoms. The number of sulfonamides is 1. The number of nitrogens with zero attached hydrogens (tertiary/aromatic N) is 1. The van der Waals surface area contributed by atoms with Crippen LogP contribution in [0.5, 0.6) is 0 Å². The van der Waals surface area contributed by atoms with Crippen molar-refractivity contribution in [1.82, 2.24) is 4.72 Å². The smallest absolute Gasteiger partial charge is 0.219 e. The summed E-state index contributed by atoms with van der Waals surface area (Å²) in [6.45, 7) is -0.450. The number of sulfone groups is 1. The SMILES string of the molecule is N#CCNS(=O)(=O)c1cc(S(=O)(=O)c2ccccc2)ccc1Cl. The van der Waals surface area contributed by atoms with Gasteiger partial charge in [0.25, 0.3) is 0 Å². The lowest BCUT2D eigenvalue weighted by Gasteiger charge is -2.09. The Morgan fingerprint density at radius 1 is 1.00 bits per heavy atom. The molecule has 9 heteroatoms. The van der Waals surface area contributed by atoms with Crippen LogP contribution in [0.25, 0.3) is 0 Å². The third-order valence-corrected chi connectivity index (χ3v) is 6.55.